The number of rotatable bonds is 7. The number of ether oxygens (including phenoxy) is 2. The maximum Gasteiger partial charge on any atom is 0.300 e. The molecule has 1 heterocycles. The molecule has 1 aliphatic rings. The van der Waals surface area contributed by atoms with Gasteiger partial charge >= 0.3 is 0 Å². The van der Waals surface area contributed by atoms with Crippen LogP contribution < -0.4 is 14.4 Å². The van der Waals surface area contributed by atoms with Crippen molar-refractivity contribution in [1.29, 1.82) is 0 Å². The summed E-state index contributed by atoms with van der Waals surface area (Å²) in [4.78, 5) is 27.5. The van der Waals surface area contributed by atoms with Crippen LogP contribution in [0.4, 0.5) is 10.1 Å². The van der Waals surface area contributed by atoms with E-state index in [1.54, 1.807) is 48.5 Å². The molecule has 0 aliphatic carbocycles. The van der Waals surface area contributed by atoms with Gasteiger partial charge in [0.2, 0.25) is 0 Å². The number of Topliss-reactive ketones (excluding diaryl/α,β-unsaturated/α-hetero) is 1. The molecule has 1 aliphatic heterocycles. The highest BCUT2D eigenvalue weighted by Crippen LogP contribution is 2.42. The zero-order valence-corrected chi connectivity index (χ0v) is 18.8. The minimum atomic E-state index is -0.910. The standard InChI is InChI=1S/C27H24FNO5/c1-3-16-34-22-14-6-18(7-15-22)25(30)23-24(17-4-12-21(33-2)13-5-17)29(27(32)26(23)31)20-10-8-19(28)9-11-20/h4-15,24,30H,3,16H2,1-2H3/b25-23+. The molecule has 0 spiro atoms. The maximum atomic E-state index is 13.5. The number of amides is 1. The highest BCUT2D eigenvalue weighted by Gasteiger charge is 2.47. The van der Waals surface area contributed by atoms with E-state index in [0.717, 1.165) is 6.42 Å². The Morgan fingerprint density at radius 2 is 1.56 bits per heavy atom. The number of hydrogen-bond acceptors (Lipinski definition) is 5. The maximum absolute atomic E-state index is 13.5. The van der Waals surface area contributed by atoms with Crippen molar-refractivity contribution in [3.05, 3.63) is 95.3 Å². The lowest BCUT2D eigenvalue weighted by Gasteiger charge is -2.25. The topological polar surface area (TPSA) is 76.1 Å². The number of halogens is 1. The van der Waals surface area contributed by atoms with Crippen molar-refractivity contribution in [3.63, 3.8) is 0 Å². The molecule has 34 heavy (non-hydrogen) atoms. The number of benzene rings is 3. The van der Waals surface area contributed by atoms with Crippen LogP contribution in [0.15, 0.2) is 78.4 Å². The number of anilines is 1. The van der Waals surface area contributed by atoms with Gasteiger partial charge in [0, 0.05) is 11.3 Å². The van der Waals surface area contributed by atoms with Gasteiger partial charge in [-0.15, -0.1) is 0 Å². The van der Waals surface area contributed by atoms with Gasteiger partial charge in [0.1, 0.15) is 23.1 Å². The van der Waals surface area contributed by atoms with Gasteiger partial charge < -0.3 is 14.6 Å². The molecule has 1 atom stereocenters. The van der Waals surface area contributed by atoms with Crippen molar-refractivity contribution in [2.24, 2.45) is 0 Å². The Labute approximate surface area is 196 Å². The summed E-state index contributed by atoms with van der Waals surface area (Å²) in [5, 5.41) is 11.2. The molecular weight excluding hydrogens is 437 g/mol. The molecule has 1 fully saturated rings. The lowest BCUT2D eigenvalue weighted by atomic mass is 9.95. The van der Waals surface area contributed by atoms with E-state index in [1.807, 2.05) is 6.92 Å². The number of aliphatic hydroxyl groups is 1. The first-order valence-corrected chi connectivity index (χ1v) is 10.9. The number of hydrogen-bond donors (Lipinski definition) is 1. The van der Waals surface area contributed by atoms with Crippen molar-refractivity contribution in [1.82, 2.24) is 0 Å². The molecular formula is C27H24FNO5. The predicted octanol–water partition coefficient (Wildman–Crippen LogP) is 5.25. The molecule has 0 aromatic heterocycles. The molecule has 7 heteroatoms. The summed E-state index contributed by atoms with van der Waals surface area (Å²) in [6.45, 7) is 2.56. The summed E-state index contributed by atoms with van der Waals surface area (Å²) < 4.78 is 24.3. The molecule has 0 saturated carbocycles. The van der Waals surface area contributed by atoms with Crippen LogP contribution in [-0.2, 0) is 9.59 Å². The first kappa shape index (κ1) is 23.0. The second kappa shape index (κ2) is 9.79. The van der Waals surface area contributed by atoms with Gasteiger partial charge in [-0.3, -0.25) is 14.5 Å². The molecule has 174 valence electrons. The Balaban J connectivity index is 1.83. The van der Waals surface area contributed by atoms with E-state index in [2.05, 4.69) is 0 Å². The fourth-order valence-electron chi connectivity index (χ4n) is 3.89. The second-order valence-electron chi connectivity index (χ2n) is 7.79. The van der Waals surface area contributed by atoms with E-state index in [1.165, 1.54) is 36.3 Å². The number of ketones is 1. The molecule has 0 bridgehead atoms. The van der Waals surface area contributed by atoms with Crippen LogP contribution in [0.1, 0.15) is 30.5 Å². The Morgan fingerprint density at radius 3 is 2.15 bits per heavy atom. The zero-order valence-electron chi connectivity index (χ0n) is 18.8. The Morgan fingerprint density at radius 1 is 0.941 bits per heavy atom. The van der Waals surface area contributed by atoms with Crippen LogP contribution in [0.3, 0.4) is 0 Å². The lowest BCUT2D eigenvalue weighted by molar-refractivity contribution is -0.132. The number of carbonyl (C=O) groups excluding carboxylic acids is 2. The van der Waals surface area contributed by atoms with Gasteiger partial charge in [-0.2, -0.15) is 0 Å². The van der Waals surface area contributed by atoms with E-state index in [9.17, 15) is 19.1 Å². The van der Waals surface area contributed by atoms with Gasteiger partial charge in [-0.1, -0.05) is 19.1 Å². The lowest BCUT2D eigenvalue weighted by Crippen LogP contribution is -2.29. The van der Waals surface area contributed by atoms with Crippen LogP contribution in [0, 0.1) is 5.82 Å². The summed E-state index contributed by atoms with van der Waals surface area (Å²) >= 11 is 0. The first-order valence-electron chi connectivity index (χ1n) is 10.9. The van der Waals surface area contributed by atoms with E-state index in [4.69, 9.17) is 9.47 Å². The molecule has 4 rings (SSSR count). The van der Waals surface area contributed by atoms with E-state index >= 15 is 0 Å². The van der Waals surface area contributed by atoms with Crippen molar-refractivity contribution < 1.29 is 28.6 Å². The largest absolute Gasteiger partial charge is 0.507 e. The SMILES string of the molecule is CCCOc1ccc(/C(O)=C2\C(=O)C(=O)N(c3ccc(F)cc3)C2c2ccc(OC)cc2)cc1. The summed E-state index contributed by atoms with van der Waals surface area (Å²) in [5.41, 5.74) is 1.25. The predicted molar refractivity (Wildman–Crippen MR) is 126 cm³/mol. The highest BCUT2D eigenvalue weighted by atomic mass is 19.1. The summed E-state index contributed by atoms with van der Waals surface area (Å²) in [6.07, 6.45) is 0.858. The van der Waals surface area contributed by atoms with Crippen molar-refractivity contribution >= 4 is 23.1 Å². The number of aliphatic hydroxyl groups excluding tert-OH is 1. The smallest absolute Gasteiger partial charge is 0.300 e. The van der Waals surface area contributed by atoms with Gasteiger partial charge in [-0.25, -0.2) is 4.39 Å². The van der Waals surface area contributed by atoms with Crippen LogP contribution in [0.25, 0.3) is 5.76 Å². The highest BCUT2D eigenvalue weighted by molar-refractivity contribution is 6.51. The molecule has 1 saturated heterocycles. The summed E-state index contributed by atoms with van der Waals surface area (Å²) in [7, 11) is 1.54. The quantitative estimate of drug-likeness (QED) is 0.296. The van der Waals surface area contributed by atoms with Gasteiger partial charge in [0.25, 0.3) is 11.7 Å². The minimum absolute atomic E-state index is 0.0540. The normalized spacial score (nSPS) is 17.1. The number of methoxy groups -OCH3 is 1. The summed E-state index contributed by atoms with van der Waals surface area (Å²) in [5.74, 6) is -1.16. The molecule has 1 N–H and O–H groups in total. The molecule has 1 unspecified atom stereocenters. The minimum Gasteiger partial charge on any atom is -0.507 e. The number of nitrogens with zero attached hydrogens (tertiary/aromatic N) is 1. The Kier molecular flexibility index (Phi) is 6.63. The van der Waals surface area contributed by atoms with E-state index < -0.39 is 23.5 Å². The molecule has 0 radical (unpaired) electrons. The monoisotopic (exact) mass is 461 g/mol. The third kappa shape index (κ3) is 4.37. The van der Waals surface area contributed by atoms with Crippen molar-refractivity contribution in [2.75, 3.05) is 18.6 Å². The van der Waals surface area contributed by atoms with Gasteiger partial charge in [0.15, 0.2) is 0 Å². The summed E-state index contributed by atoms with van der Waals surface area (Å²) in [6, 6.07) is 17.9. The fourth-order valence-corrected chi connectivity index (χ4v) is 3.89. The molecule has 3 aromatic carbocycles. The number of carbonyl (C=O) groups is 2. The average Bonchev–Trinajstić information content (AvgIpc) is 3.13. The van der Waals surface area contributed by atoms with Crippen LogP contribution in [0.2, 0.25) is 0 Å². The van der Waals surface area contributed by atoms with E-state index in [0.29, 0.717) is 34.9 Å². The Bertz CT molecular complexity index is 1220. The third-order valence-corrected chi connectivity index (χ3v) is 5.58. The molecule has 6 nitrogen and oxygen atoms in total. The van der Waals surface area contributed by atoms with Crippen molar-refractivity contribution in [3.8, 4) is 11.5 Å². The van der Waals surface area contributed by atoms with Crippen molar-refractivity contribution in [2.45, 2.75) is 19.4 Å². The molecule has 3 aromatic rings. The van der Waals surface area contributed by atoms with Crippen LogP contribution in [-0.4, -0.2) is 30.5 Å². The fraction of sp³-hybridized carbons (Fsp3) is 0.185. The van der Waals surface area contributed by atoms with Gasteiger partial charge in [-0.05, 0) is 72.6 Å². The first-order chi connectivity index (χ1) is 16.4. The Hall–Kier alpha value is -4.13. The van der Waals surface area contributed by atoms with Crippen LogP contribution >= 0.6 is 0 Å². The second-order valence-corrected chi connectivity index (χ2v) is 7.79. The molecule has 1 amide bonds. The van der Waals surface area contributed by atoms with E-state index in [-0.39, 0.29) is 11.3 Å². The zero-order chi connectivity index (χ0) is 24.2. The van der Waals surface area contributed by atoms with Crippen LogP contribution in [0.5, 0.6) is 11.5 Å². The average molecular weight is 461 g/mol. The van der Waals surface area contributed by atoms with Gasteiger partial charge in [0.05, 0.1) is 25.3 Å². The third-order valence-electron chi connectivity index (χ3n) is 5.58.